The molecule has 2 rings (SSSR count). The Labute approximate surface area is 143 Å². The summed E-state index contributed by atoms with van der Waals surface area (Å²) in [6.07, 6.45) is -0.445. The predicted molar refractivity (Wildman–Crippen MR) is 87.6 cm³/mol. The molecule has 126 valence electrons. The van der Waals surface area contributed by atoms with Crippen LogP contribution in [-0.2, 0) is 22.5 Å². The number of carbonyl (C=O) groups is 2. The molecule has 1 heterocycles. The Morgan fingerprint density at radius 2 is 1.96 bits per heavy atom. The van der Waals surface area contributed by atoms with Crippen LogP contribution in [0.5, 0.6) is 5.75 Å². The number of halogens is 1. The predicted octanol–water partition coefficient (Wildman–Crippen LogP) is 3.20. The van der Waals surface area contributed by atoms with Gasteiger partial charge in [0.25, 0.3) is 0 Å². The third kappa shape index (κ3) is 3.77. The van der Waals surface area contributed by atoms with Crippen molar-refractivity contribution in [3.05, 3.63) is 27.7 Å². The van der Waals surface area contributed by atoms with Crippen LogP contribution in [0.2, 0.25) is 0 Å². The molecule has 0 aliphatic carbocycles. The number of nitrogens with zero attached hydrogens (tertiary/aromatic N) is 1. The molecule has 0 spiro atoms. The fourth-order valence-electron chi connectivity index (χ4n) is 2.55. The Bertz CT molecular complexity index is 638. The summed E-state index contributed by atoms with van der Waals surface area (Å²) in [4.78, 5) is 25.3. The van der Waals surface area contributed by atoms with E-state index in [-0.39, 0.29) is 13.0 Å². The summed E-state index contributed by atoms with van der Waals surface area (Å²) in [5.74, 6) is -0.433. The highest BCUT2D eigenvalue weighted by molar-refractivity contribution is 9.10. The third-order valence-corrected chi connectivity index (χ3v) is 4.31. The van der Waals surface area contributed by atoms with Gasteiger partial charge in [-0.25, -0.2) is 9.59 Å². The molecule has 1 aromatic rings. The molecule has 0 saturated carbocycles. The summed E-state index contributed by atoms with van der Waals surface area (Å²) < 4.78 is 11.5. The second-order valence-corrected chi connectivity index (χ2v) is 7.23. The molecular weight excluding hydrogens is 366 g/mol. The first-order chi connectivity index (χ1) is 10.6. The first-order valence-corrected chi connectivity index (χ1v) is 8.00. The van der Waals surface area contributed by atoms with Crippen LogP contribution in [-0.4, -0.2) is 40.8 Å². The Balaban J connectivity index is 2.42. The summed E-state index contributed by atoms with van der Waals surface area (Å²) in [7, 11) is 1.55. The number of ether oxygens (including phenoxy) is 2. The number of benzene rings is 1. The van der Waals surface area contributed by atoms with Gasteiger partial charge in [-0.3, -0.25) is 4.90 Å². The summed E-state index contributed by atoms with van der Waals surface area (Å²) >= 11 is 3.44. The number of methoxy groups -OCH3 is 1. The smallest absolute Gasteiger partial charge is 0.411 e. The van der Waals surface area contributed by atoms with Gasteiger partial charge in [0.05, 0.1) is 13.7 Å². The van der Waals surface area contributed by atoms with Crippen molar-refractivity contribution in [1.82, 2.24) is 4.90 Å². The van der Waals surface area contributed by atoms with Gasteiger partial charge in [0.1, 0.15) is 17.4 Å². The lowest BCUT2D eigenvalue weighted by atomic mass is 9.93. The molecule has 1 aromatic carbocycles. The maximum atomic E-state index is 12.4. The number of amides is 1. The molecule has 0 fully saturated rings. The Morgan fingerprint density at radius 1 is 1.30 bits per heavy atom. The van der Waals surface area contributed by atoms with E-state index in [0.29, 0.717) is 5.75 Å². The lowest BCUT2D eigenvalue weighted by molar-refractivity contribution is -0.143. The summed E-state index contributed by atoms with van der Waals surface area (Å²) in [6.45, 7) is 5.37. The van der Waals surface area contributed by atoms with Crippen LogP contribution in [0.3, 0.4) is 0 Å². The van der Waals surface area contributed by atoms with E-state index in [1.54, 1.807) is 33.9 Å². The standard InChI is InChI=1S/C16H20BrNO5/c1-16(2,3)23-15(21)18-8-10-9(7-12(18)14(19)20)11(17)5-6-13(10)22-4/h5-6,12H,7-8H2,1-4H3,(H,19,20). The van der Waals surface area contributed by atoms with Crippen LogP contribution >= 0.6 is 15.9 Å². The van der Waals surface area contributed by atoms with Crippen molar-refractivity contribution >= 4 is 28.0 Å². The average molecular weight is 386 g/mol. The second kappa shape index (κ2) is 6.39. The van der Waals surface area contributed by atoms with E-state index < -0.39 is 23.7 Å². The summed E-state index contributed by atoms with van der Waals surface area (Å²) in [6, 6.07) is 2.64. The largest absolute Gasteiger partial charge is 0.496 e. The highest BCUT2D eigenvalue weighted by Crippen LogP contribution is 2.36. The number of carboxylic acids is 1. The normalized spacial score (nSPS) is 17.4. The molecule has 1 aliphatic rings. The molecule has 1 aliphatic heterocycles. The van der Waals surface area contributed by atoms with Gasteiger partial charge < -0.3 is 14.6 Å². The molecule has 1 N–H and O–H groups in total. The molecule has 0 aromatic heterocycles. The van der Waals surface area contributed by atoms with Crippen LogP contribution in [0.1, 0.15) is 31.9 Å². The van der Waals surface area contributed by atoms with Gasteiger partial charge in [0, 0.05) is 16.5 Å². The Hall–Kier alpha value is -1.76. The highest BCUT2D eigenvalue weighted by Gasteiger charge is 2.38. The Morgan fingerprint density at radius 3 is 2.48 bits per heavy atom. The number of aliphatic carboxylic acids is 1. The molecule has 0 radical (unpaired) electrons. The average Bonchev–Trinajstić information content (AvgIpc) is 2.44. The van der Waals surface area contributed by atoms with E-state index in [9.17, 15) is 14.7 Å². The lowest BCUT2D eigenvalue weighted by Crippen LogP contribution is -2.50. The van der Waals surface area contributed by atoms with Crippen LogP contribution in [0.15, 0.2) is 16.6 Å². The SMILES string of the molecule is COc1ccc(Br)c2c1CN(C(=O)OC(C)(C)C)C(C(=O)O)C2. The van der Waals surface area contributed by atoms with Crippen molar-refractivity contribution in [1.29, 1.82) is 0 Å². The number of hydrogen-bond acceptors (Lipinski definition) is 4. The van der Waals surface area contributed by atoms with Gasteiger partial charge in [-0.15, -0.1) is 0 Å². The van der Waals surface area contributed by atoms with Gasteiger partial charge in [-0.1, -0.05) is 15.9 Å². The van der Waals surface area contributed by atoms with E-state index in [4.69, 9.17) is 9.47 Å². The minimum Gasteiger partial charge on any atom is -0.496 e. The van der Waals surface area contributed by atoms with Crippen molar-refractivity contribution in [2.75, 3.05) is 7.11 Å². The maximum Gasteiger partial charge on any atom is 0.411 e. The zero-order valence-electron chi connectivity index (χ0n) is 13.6. The molecular formula is C16H20BrNO5. The molecule has 0 saturated heterocycles. The van der Waals surface area contributed by atoms with Crippen molar-refractivity contribution < 1.29 is 24.2 Å². The van der Waals surface area contributed by atoms with E-state index in [1.165, 1.54) is 4.90 Å². The third-order valence-electron chi connectivity index (χ3n) is 3.57. The van der Waals surface area contributed by atoms with Crippen molar-refractivity contribution in [2.45, 2.75) is 45.4 Å². The van der Waals surface area contributed by atoms with Crippen molar-refractivity contribution in [3.8, 4) is 5.75 Å². The highest BCUT2D eigenvalue weighted by atomic mass is 79.9. The summed E-state index contributed by atoms with van der Waals surface area (Å²) in [5.41, 5.74) is 0.948. The molecule has 1 atom stereocenters. The molecule has 1 amide bonds. The molecule has 6 nitrogen and oxygen atoms in total. The van der Waals surface area contributed by atoms with Gasteiger partial charge in [0.15, 0.2) is 0 Å². The lowest BCUT2D eigenvalue weighted by Gasteiger charge is -2.36. The van der Waals surface area contributed by atoms with Crippen LogP contribution in [0, 0.1) is 0 Å². The first-order valence-electron chi connectivity index (χ1n) is 7.20. The number of carboxylic acid groups (broad SMARTS) is 1. The number of rotatable bonds is 2. The molecule has 23 heavy (non-hydrogen) atoms. The van der Waals surface area contributed by atoms with Crippen LogP contribution < -0.4 is 4.74 Å². The minimum absolute atomic E-state index is 0.129. The monoisotopic (exact) mass is 385 g/mol. The van der Waals surface area contributed by atoms with E-state index in [1.807, 2.05) is 6.07 Å². The maximum absolute atomic E-state index is 12.4. The van der Waals surface area contributed by atoms with E-state index in [2.05, 4.69) is 15.9 Å². The van der Waals surface area contributed by atoms with Gasteiger partial charge in [0.2, 0.25) is 0 Å². The van der Waals surface area contributed by atoms with Crippen molar-refractivity contribution in [3.63, 3.8) is 0 Å². The van der Waals surface area contributed by atoms with Gasteiger partial charge in [-0.05, 0) is 38.5 Å². The molecule has 0 bridgehead atoms. The number of hydrogen-bond donors (Lipinski definition) is 1. The number of fused-ring (bicyclic) bond motifs is 1. The first kappa shape index (κ1) is 17.6. The van der Waals surface area contributed by atoms with Crippen LogP contribution in [0.25, 0.3) is 0 Å². The quantitative estimate of drug-likeness (QED) is 0.845. The number of carbonyl (C=O) groups excluding carboxylic acids is 1. The minimum atomic E-state index is -1.06. The van der Waals surface area contributed by atoms with Crippen molar-refractivity contribution in [2.24, 2.45) is 0 Å². The van der Waals surface area contributed by atoms with Gasteiger partial charge in [-0.2, -0.15) is 0 Å². The Kier molecular flexibility index (Phi) is 4.89. The van der Waals surface area contributed by atoms with E-state index in [0.717, 1.165) is 15.6 Å². The second-order valence-electron chi connectivity index (χ2n) is 6.37. The topological polar surface area (TPSA) is 76.1 Å². The zero-order chi connectivity index (χ0) is 17.4. The fraction of sp³-hybridized carbons (Fsp3) is 0.500. The zero-order valence-corrected chi connectivity index (χ0v) is 15.1. The molecule has 1 unspecified atom stereocenters. The van der Waals surface area contributed by atoms with Crippen LogP contribution in [0.4, 0.5) is 4.79 Å². The van der Waals surface area contributed by atoms with E-state index >= 15 is 0 Å². The summed E-state index contributed by atoms with van der Waals surface area (Å²) in [5, 5.41) is 9.50. The fourth-order valence-corrected chi connectivity index (χ4v) is 3.08. The van der Waals surface area contributed by atoms with Gasteiger partial charge >= 0.3 is 12.1 Å². The molecule has 7 heteroatoms.